The average molecular weight is 278 g/mol. The number of rotatable bonds is 3. The van der Waals surface area contributed by atoms with Crippen LogP contribution in [0.5, 0.6) is 5.88 Å². The first-order valence-corrected chi connectivity index (χ1v) is 6.62. The fourth-order valence-corrected chi connectivity index (χ4v) is 2.13. The van der Waals surface area contributed by atoms with Crippen molar-refractivity contribution in [2.45, 2.75) is 0 Å². The molecule has 0 unspecified atom stereocenters. The number of hydrogen-bond donors (Lipinski definition) is 2. The lowest BCUT2D eigenvalue weighted by Gasteiger charge is -2.34. The van der Waals surface area contributed by atoms with Crippen molar-refractivity contribution in [1.82, 2.24) is 9.88 Å². The number of piperazine rings is 1. The highest BCUT2D eigenvalue weighted by Crippen LogP contribution is 2.28. The van der Waals surface area contributed by atoms with Gasteiger partial charge in [0.15, 0.2) is 5.96 Å². The first kappa shape index (κ1) is 14.4. The van der Waals surface area contributed by atoms with Crippen molar-refractivity contribution < 1.29 is 4.74 Å². The van der Waals surface area contributed by atoms with Crippen molar-refractivity contribution >= 4 is 17.5 Å². The molecule has 1 aromatic rings. The number of guanidine groups is 1. The predicted octanol–water partition coefficient (Wildman–Crippen LogP) is 0.198. The third kappa shape index (κ3) is 3.30. The standard InChI is InChI=1S/C13H22N6O/c1-15-13(14)17-11-5-4-10(12(16-11)20-3)19-8-6-18(2)7-9-19/h4-5H,6-9H2,1-3H3,(H3,14,15,16,17). The van der Waals surface area contributed by atoms with E-state index in [-0.39, 0.29) is 0 Å². The van der Waals surface area contributed by atoms with Gasteiger partial charge < -0.3 is 25.6 Å². The Bertz CT molecular complexity index is 482. The number of ether oxygens (including phenoxy) is 1. The number of nitrogens with one attached hydrogen (secondary N) is 1. The summed E-state index contributed by atoms with van der Waals surface area (Å²) in [4.78, 5) is 12.9. The van der Waals surface area contributed by atoms with E-state index >= 15 is 0 Å². The van der Waals surface area contributed by atoms with E-state index in [1.54, 1.807) is 14.2 Å². The number of nitrogens with two attached hydrogens (primary N) is 1. The van der Waals surface area contributed by atoms with Crippen molar-refractivity contribution in [2.75, 3.05) is 57.6 Å². The number of hydrogen-bond acceptors (Lipinski definition) is 5. The minimum atomic E-state index is 0.326. The van der Waals surface area contributed by atoms with Gasteiger partial charge in [-0.25, -0.2) is 0 Å². The normalized spacial score (nSPS) is 17.1. The minimum absolute atomic E-state index is 0.326. The molecule has 1 aliphatic rings. The maximum absolute atomic E-state index is 5.63. The molecule has 0 spiro atoms. The lowest BCUT2D eigenvalue weighted by Crippen LogP contribution is -2.44. The van der Waals surface area contributed by atoms with Crippen molar-refractivity contribution in [3.63, 3.8) is 0 Å². The SMILES string of the molecule is CN=C(N)Nc1ccc(N2CCN(C)CC2)c(OC)n1. The fourth-order valence-electron chi connectivity index (χ4n) is 2.13. The highest BCUT2D eigenvalue weighted by atomic mass is 16.5. The summed E-state index contributed by atoms with van der Waals surface area (Å²) in [5, 5.41) is 2.91. The molecular formula is C13H22N6O. The lowest BCUT2D eigenvalue weighted by molar-refractivity contribution is 0.310. The quantitative estimate of drug-likeness (QED) is 0.607. The van der Waals surface area contributed by atoms with E-state index in [1.807, 2.05) is 12.1 Å². The summed E-state index contributed by atoms with van der Waals surface area (Å²) in [5.41, 5.74) is 6.65. The van der Waals surface area contributed by atoms with Crippen molar-refractivity contribution in [2.24, 2.45) is 10.7 Å². The highest BCUT2D eigenvalue weighted by Gasteiger charge is 2.18. The molecular weight excluding hydrogens is 256 g/mol. The Morgan fingerprint density at radius 3 is 2.65 bits per heavy atom. The van der Waals surface area contributed by atoms with Crippen LogP contribution >= 0.6 is 0 Å². The largest absolute Gasteiger partial charge is 0.479 e. The topological polar surface area (TPSA) is 79.0 Å². The Morgan fingerprint density at radius 2 is 2.05 bits per heavy atom. The van der Waals surface area contributed by atoms with E-state index in [4.69, 9.17) is 10.5 Å². The van der Waals surface area contributed by atoms with Crippen LogP contribution < -0.4 is 20.7 Å². The Morgan fingerprint density at radius 1 is 1.35 bits per heavy atom. The summed E-state index contributed by atoms with van der Waals surface area (Å²) >= 11 is 0. The second-order valence-electron chi connectivity index (χ2n) is 4.75. The maximum Gasteiger partial charge on any atom is 0.239 e. The Kier molecular flexibility index (Phi) is 4.62. The van der Waals surface area contributed by atoms with Gasteiger partial charge in [0.05, 0.1) is 7.11 Å². The third-order valence-electron chi connectivity index (χ3n) is 3.37. The second kappa shape index (κ2) is 6.42. The van der Waals surface area contributed by atoms with Gasteiger partial charge in [0.25, 0.3) is 0 Å². The van der Waals surface area contributed by atoms with Crippen molar-refractivity contribution in [1.29, 1.82) is 0 Å². The van der Waals surface area contributed by atoms with Crippen LogP contribution in [0.1, 0.15) is 0 Å². The first-order valence-electron chi connectivity index (χ1n) is 6.62. The molecule has 0 aliphatic carbocycles. The van der Waals surface area contributed by atoms with E-state index in [9.17, 15) is 0 Å². The predicted molar refractivity (Wildman–Crippen MR) is 81.7 cm³/mol. The monoisotopic (exact) mass is 278 g/mol. The van der Waals surface area contributed by atoms with Gasteiger partial charge in [-0.2, -0.15) is 4.98 Å². The molecule has 1 aromatic heterocycles. The average Bonchev–Trinajstić information content (AvgIpc) is 2.48. The van der Waals surface area contributed by atoms with Gasteiger partial charge in [0.1, 0.15) is 11.5 Å². The van der Waals surface area contributed by atoms with Crippen LogP contribution in [-0.2, 0) is 0 Å². The summed E-state index contributed by atoms with van der Waals surface area (Å²) in [5.74, 6) is 1.55. The molecule has 3 N–H and O–H groups in total. The number of likely N-dealkylation sites (N-methyl/N-ethyl adjacent to an activating group) is 1. The van der Waals surface area contributed by atoms with Crippen LogP contribution in [0, 0.1) is 0 Å². The zero-order chi connectivity index (χ0) is 14.5. The molecule has 0 saturated carbocycles. The Balaban J connectivity index is 2.17. The molecule has 1 saturated heterocycles. The van der Waals surface area contributed by atoms with Crippen LogP contribution in [0.15, 0.2) is 17.1 Å². The number of aromatic nitrogens is 1. The Hall–Kier alpha value is -2.02. The number of aliphatic imine (C=N–C) groups is 1. The summed E-state index contributed by atoms with van der Waals surface area (Å²) in [7, 11) is 5.38. The molecule has 2 rings (SSSR count). The zero-order valence-electron chi connectivity index (χ0n) is 12.3. The van der Waals surface area contributed by atoms with Crippen LogP contribution in [0.4, 0.5) is 11.5 Å². The molecule has 7 heteroatoms. The number of pyridine rings is 1. The summed E-state index contributed by atoms with van der Waals surface area (Å²) in [6.45, 7) is 4.02. The molecule has 0 amide bonds. The first-order chi connectivity index (χ1) is 9.63. The number of anilines is 2. The molecule has 0 radical (unpaired) electrons. The molecule has 20 heavy (non-hydrogen) atoms. The maximum atomic E-state index is 5.63. The van der Waals surface area contributed by atoms with Gasteiger partial charge in [-0.3, -0.25) is 4.99 Å². The summed E-state index contributed by atoms with van der Waals surface area (Å²) in [6.07, 6.45) is 0. The van der Waals surface area contributed by atoms with Gasteiger partial charge in [-0.05, 0) is 19.2 Å². The Labute approximate surface area is 119 Å². The van der Waals surface area contributed by atoms with E-state index in [2.05, 4.69) is 32.1 Å². The van der Waals surface area contributed by atoms with Gasteiger partial charge in [0.2, 0.25) is 5.88 Å². The van der Waals surface area contributed by atoms with Crippen LogP contribution in [0.3, 0.4) is 0 Å². The number of nitrogens with zero attached hydrogens (tertiary/aromatic N) is 4. The minimum Gasteiger partial charge on any atom is -0.479 e. The molecule has 0 atom stereocenters. The molecule has 0 aromatic carbocycles. The van der Waals surface area contributed by atoms with Gasteiger partial charge in [0, 0.05) is 33.2 Å². The van der Waals surface area contributed by atoms with Crippen LogP contribution in [0.25, 0.3) is 0 Å². The van der Waals surface area contributed by atoms with Gasteiger partial charge >= 0.3 is 0 Å². The van der Waals surface area contributed by atoms with E-state index < -0.39 is 0 Å². The van der Waals surface area contributed by atoms with Crippen LogP contribution in [-0.4, -0.2) is 63.2 Å². The second-order valence-corrected chi connectivity index (χ2v) is 4.75. The molecule has 1 aliphatic heterocycles. The number of methoxy groups -OCH3 is 1. The van der Waals surface area contributed by atoms with Gasteiger partial charge in [-0.15, -0.1) is 0 Å². The molecule has 0 bridgehead atoms. The fraction of sp³-hybridized carbons (Fsp3) is 0.538. The summed E-state index contributed by atoms with van der Waals surface area (Å²) < 4.78 is 5.39. The van der Waals surface area contributed by atoms with E-state index in [0.29, 0.717) is 17.7 Å². The zero-order valence-corrected chi connectivity index (χ0v) is 12.3. The lowest BCUT2D eigenvalue weighted by atomic mass is 10.2. The van der Waals surface area contributed by atoms with E-state index in [0.717, 1.165) is 31.9 Å². The van der Waals surface area contributed by atoms with Crippen LogP contribution in [0.2, 0.25) is 0 Å². The molecule has 110 valence electrons. The molecule has 1 fully saturated rings. The van der Waals surface area contributed by atoms with Crippen molar-refractivity contribution in [3.05, 3.63) is 12.1 Å². The summed E-state index contributed by atoms with van der Waals surface area (Å²) in [6, 6.07) is 3.89. The smallest absolute Gasteiger partial charge is 0.239 e. The van der Waals surface area contributed by atoms with E-state index in [1.165, 1.54) is 0 Å². The molecule has 7 nitrogen and oxygen atoms in total. The third-order valence-corrected chi connectivity index (χ3v) is 3.37. The highest BCUT2D eigenvalue weighted by molar-refractivity contribution is 5.91. The van der Waals surface area contributed by atoms with Gasteiger partial charge in [-0.1, -0.05) is 0 Å². The van der Waals surface area contributed by atoms with Crippen molar-refractivity contribution in [3.8, 4) is 5.88 Å². The molecule has 2 heterocycles.